The summed E-state index contributed by atoms with van der Waals surface area (Å²) in [7, 11) is 0. The van der Waals surface area contributed by atoms with E-state index in [9.17, 15) is 8.78 Å². The molecule has 0 aromatic carbocycles. The minimum Gasteiger partial charge on any atom is -0.295 e. The van der Waals surface area contributed by atoms with Gasteiger partial charge in [0.25, 0.3) is 12.2 Å². The molecule has 1 aliphatic rings. The zero-order chi connectivity index (χ0) is 20.8. The first-order chi connectivity index (χ1) is 13.8. The van der Waals surface area contributed by atoms with Crippen molar-refractivity contribution in [1.29, 1.82) is 0 Å². The Morgan fingerprint density at radius 3 is 2.59 bits per heavy atom. The van der Waals surface area contributed by atoms with Crippen molar-refractivity contribution in [1.82, 2.24) is 29.5 Å². The van der Waals surface area contributed by atoms with E-state index in [4.69, 9.17) is 0 Å². The van der Waals surface area contributed by atoms with Crippen molar-refractivity contribution in [3.8, 4) is 0 Å². The van der Waals surface area contributed by atoms with Crippen molar-refractivity contribution in [3.05, 3.63) is 52.9 Å². The van der Waals surface area contributed by atoms with Gasteiger partial charge in [-0.2, -0.15) is 14.6 Å². The van der Waals surface area contributed by atoms with Gasteiger partial charge in [0.05, 0.1) is 5.69 Å². The van der Waals surface area contributed by atoms with Crippen molar-refractivity contribution in [2.24, 2.45) is 5.92 Å². The van der Waals surface area contributed by atoms with Crippen LogP contribution >= 0.6 is 0 Å². The molecule has 0 aliphatic carbocycles. The lowest BCUT2D eigenvalue weighted by atomic mass is 9.81. The summed E-state index contributed by atoms with van der Waals surface area (Å²) in [5.41, 5.74) is 0.625. The highest BCUT2D eigenvalue weighted by molar-refractivity contribution is 5.34. The molecule has 4 rings (SSSR count). The number of nitrogens with zero attached hydrogens (tertiary/aromatic N) is 6. The lowest BCUT2D eigenvalue weighted by Gasteiger charge is -2.42. The quantitative estimate of drug-likeness (QED) is 0.662. The summed E-state index contributed by atoms with van der Waals surface area (Å²) in [5.74, 6) is -0.375. The number of halogens is 3. The molecule has 0 N–H and O–H groups in total. The Bertz CT molecular complexity index is 1020. The van der Waals surface area contributed by atoms with Crippen molar-refractivity contribution >= 4 is 5.78 Å². The monoisotopic (exact) mass is 404 g/mol. The SMILES string of the molecule is Cc1cc(CN2CC[C@@H](C)[C@@](F)(c3cc(C(F)F)nc4ncnn34)C2)cc(C)n1. The highest BCUT2D eigenvalue weighted by Gasteiger charge is 2.45. The van der Waals surface area contributed by atoms with Gasteiger partial charge in [-0.05, 0) is 56.5 Å². The second-order valence-corrected chi connectivity index (χ2v) is 7.86. The third-order valence-electron chi connectivity index (χ3n) is 5.58. The average Bonchev–Trinajstić information content (AvgIpc) is 3.11. The molecule has 0 unspecified atom stereocenters. The summed E-state index contributed by atoms with van der Waals surface area (Å²) >= 11 is 0. The fourth-order valence-corrected chi connectivity index (χ4v) is 4.14. The molecule has 1 fully saturated rings. The van der Waals surface area contributed by atoms with Gasteiger partial charge in [0.1, 0.15) is 12.0 Å². The van der Waals surface area contributed by atoms with E-state index in [1.165, 1.54) is 10.8 Å². The molecule has 0 bridgehead atoms. The van der Waals surface area contributed by atoms with Crippen LogP contribution in [-0.4, -0.2) is 42.6 Å². The molecule has 1 saturated heterocycles. The number of likely N-dealkylation sites (tertiary alicyclic amines) is 1. The number of fused-ring (bicyclic) bond motifs is 1. The van der Waals surface area contributed by atoms with Gasteiger partial charge in [0.2, 0.25) is 0 Å². The van der Waals surface area contributed by atoms with Crippen LogP contribution in [0.5, 0.6) is 0 Å². The highest BCUT2D eigenvalue weighted by Crippen LogP contribution is 2.41. The van der Waals surface area contributed by atoms with Gasteiger partial charge in [0, 0.05) is 24.5 Å². The van der Waals surface area contributed by atoms with Gasteiger partial charge < -0.3 is 0 Å². The van der Waals surface area contributed by atoms with E-state index in [2.05, 4.69) is 20.1 Å². The molecule has 3 aromatic rings. The summed E-state index contributed by atoms with van der Waals surface area (Å²) in [4.78, 5) is 14.1. The fraction of sp³-hybridized carbons (Fsp3) is 0.500. The molecule has 9 heteroatoms. The number of aryl methyl sites for hydroxylation is 2. The van der Waals surface area contributed by atoms with Crippen LogP contribution in [0.2, 0.25) is 0 Å². The van der Waals surface area contributed by atoms with E-state index in [0.29, 0.717) is 13.0 Å². The van der Waals surface area contributed by atoms with E-state index in [0.717, 1.165) is 29.6 Å². The molecule has 0 saturated carbocycles. The maximum Gasteiger partial charge on any atom is 0.280 e. The summed E-state index contributed by atoms with van der Waals surface area (Å²) < 4.78 is 44.4. The zero-order valence-electron chi connectivity index (χ0n) is 16.6. The topological polar surface area (TPSA) is 59.2 Å². The standard InChI is InChI=1S/C20H23F3N6/c1-12-4-5-28(9-15-6-13(2)26-14(3)7-15)10-20(12,23)17-8-16(18(21)22)27-19-24-11-25-29(17)19/h6-8,11-12,18H,4-5,9-10H2,1-3H3/t12-,20-/m1/s1. The Hall–Kier alpha value is -2.55. The lowest BCUT2D eigenvalue weighted by Crippen LogP contribution is -2.49. The zero-order valence-corrected chi connectivity index (χ0v) is 16.6. The van der Waals surface area contributed by atoms with Crippen molar-refractivity contribution in [2.75, 3.05) is 13.1 Å². The van der Waals surface area contributed by atoms with Crippen LogP contribution in [0.25, 0.3) is 5.78 Å². The molecule has 0 radical (unpaired) electrons. The van der Waals surface area contributed by atoms with Crippen LogP contribution in [0.3, 0.4) is 0 Å². The van der Waals surface area contributed by atoms with Crippen molar-refractivity contribution < 1.29 is 13.2 Å². The predicted octanol–water partition coefficient (Wildman–Crippen LogP) is 3.78. The van der Waals surface area contributed by atoms with Crippen LogP contribution in [0, 0.1) is 19.8 Å². The first kappa shape index (κ1) is 19.8. The molecular formula is C20H23F3N6. The largest absolute Gasteiger partial charge is 0.295 e. The Balaban J connectivity index is 1.70. The van der Waals surface area contributed by atoms with E-state index >= 15 is 4.39 Å². The summed E-state index contributed by atoms with van der Waals surface area (Å²) in [5, 5.41) is 4.04. The number of alkyl halides is 3. The number of aromatic nitrogens is 5. The maximum absolute atomic E-state index is 16.4. The Labute approximate surface area is 166 Å². The smallest absolute Gasteiger partial charge is 0.280 e. The van der Waals surface area contributed by atoms with Crippen LogP contribution in [0.4, 0.5) is 13.2 Å². The molecule has 0 amide bonds. The Kier molecular flexibility index (Phi) is 5.02. The Morgan fingerprint density at radius 1 is 1.17 bits per heavy atom. The minimum absolute atomic E-state index is 0.0143. The van der Waals surface area contributed by atoms with Crippen LogP contribution in [-0.2, 0) is 12.2 Å². The molecule has 2 atom stereocenters. The third-order valence-corrected chi connectivity index (χ3v) is 5.58. The van der Waals surface area contributed by atoms with E-state index < -0.39 is 17.8 Å². The van der Waals surface area contributed by atoms with Crippen molar-refractivity contribution in [2.45, 2.75) is 45.8 Å². The van der Waals surface area contributed by atoms with E-state index in [1.54, 1.807) is 0 Å². The normalized spacial score (nSPS) is 23.2. The molecule has 29 heavy (non-hydrogen) atoms. The lowest BCUT2D eigenvalue weighted by molar-refractivity contribution is -0.0139. The minimum atomic E-state index is -2.81. The summed E-state index contributed by atoms with van der Waals surface area (Å²) in [6, 6.07) is 5.11. The molecule has 3 aromatic heterocycles. The second-order valence-electron chi connectivity index (χ2n) is 7.86. The molecule has 154 valence electrons. The van der Waals surface area contributed by atoms with E-state index in [-0.39, 0.29) is 23.9 Å². The molecule has 1 aliphatic heterocycles. The van der Waals surface area contributed by atoms with E-state index in [1.807, 2.05) is 37.8 Å². The van der Waals surface area contributed by atoms with Gasteiger partial charge in [-0.3, -0.25) is 9.88 Å². The van der Waals surface area contributed by atoms with Crippen molar-refractivity contribution in [3.63, 3.8) is 0 Å². The number of hydrogen-bond acceptors (Lipinski definition) is 5. The van der Waals surface area contributed by atoms with Gasteiger partial charge >= 0.3 is 0 Å². The third kappa shape index (κ3) is 3.71. The molecule has 6 nitrogen and oxygen atoms in total. The second kappa shape index (κ2) is 7.37. The number of hydrogen-bond donors (Lipinski definition) is 0. The van der Waals surface area contributed by atoms with Gasteiger partial charge in [-0.25, -0.2) is 18.2 Å². The molecule has 0 spiro atoms. The summed E-state index contributed by atoms with van der Waals surface area (Å²) in [6.45, 7) is 7.03. The number of rotatable bonds is 4. The van der Waals surface area contributed by atoms with Crippen LogP contribution in [0.15, 0.2) is 24.5 Å². The predicted molar refractivity (Wildman–Crippen MR) is 101 cm³/mol. The van der Waals surface area contributed by atoms with Crippen LogP contribution in [0.1, 0.15) is 48.1 Å². The van der Waals surface area contributed by atoms with Gasteiger partial charge in [-0.1, -0.05) is 6.92 Å². The summed E-state index contributed by atoms with van der Waals surface area (Å²) in [6.07, 6.45) is -1.00. The molecular weight excluding hydrogens is 381 g/mol. The average molecular weight is 404 g/mol. The molecule has 4 heterocycles. The highest BCUT2D eigenvalue weighted by atomic mass is 19.3. The van der Waals surface area contributed by atoms with Gasteiger partial charge in [0.15, 0.2) is 5.67 Å². The van der Waals surface area contributed by atoms with Gasteiger partial charge in [-0.15, -0.1) is 0 Å². The maximum atomic E-state index is 16.4. The number of piperidine rings is 1. The van der Waals surface area contributed by atoms with Crippen LogP contribution < -0.4 is 0 Å². The Morgan fingerprint density at radius 2 is 1.90 bits per heavy atom. The number of pyridine rings is 1. The first-order valence-electron chi connectivity index (χ1n) is 9.61. The fourth-order valence-electron chi connectivity index (χ4n) is 4.14. The first-order valence-corrected chi connectivity index (χ1v) is 9.61.